The van der Waals surface area contributed by atoms with E-state index in [1.54, 1.807) is 6.08 Å². The van der Waals surface area contributed by atoms with E-state index in [0.29, 0.717) is 6.42 Å². The van der Waals surface area contributed by atoms with E-state index < -0.39 is 12.1 Å². The summed E-state index contributed by atoms with van der Waals surface area (Å²) in [7, 11) is 0. The van der Waals surface area contributed by atoms with Crippen molar-refractivity contribution < 1.29 is 24.9 Å². The van der Waals surface area contributed by atoms with Crippen molar-refractivity contribution in [2.45, 2.75) is 50.7 Å². The number of benzene rings is 1. The van der Waals surface area contributed by atoms with Crippen molar-refractivity contribution >= 4 is 5.97 Å². The highest BCUT2D eigenvalue weighted by molar-refractivity contribution is 5.66. The van der Waals surface area contributed by atoms with Crippen LogP contribution in [0.25, 0.3) is 0 Å². The van der Waals surface area contributed by atoms with Gasteiger partial charge in [0, 0.05) is 6.42 Å². The molecule has 1 aliphatic rings. The van der Waals surface area contributed by atoms with E-state index in [1.165, 1.54) is 0 Å². The first-order valence-electron chi connectivity index (χ1n) is 9.65. The molecule has 1 aromatic rings. The lowest BCUT2D eigenvalue weighted by Gasteiger charge is -2.19. The Balaban J connectivity index is 1.74. The van der Waals surface area contributed by atoms with Gasteiger partial charge in [0.1, 0.15) is 18.5 Å². The number of carbonyl (C=O) groups is 1. The van der Waals surface area contributed by atoms with Gasteiger partial charge in [-0.15, -0.1) is 0 Å². The Kier molecular flexibility index (Phi) is 9.08. The largest absolute Gasteiger partial charge is 0.491 e. The maximum atomic E-state index is 10.5. The second kappa shape index (κ2) is 11.6. The zero-order valence-electron chi connectivity index (χ0n) is 15.6. The Bertz CT molecular complexity index is 610. The normalized spacial score (nSPS) is 23.9. The third-order valence-corrected chi connectivity index (χ3v) is 4.94. The molecule has 0 heterocycles. The second-order valence-corrected chi connectivity index (χ2v) is 7.03. The SMILES string of the molecule is O=C(O)CCC=CCC[C@H]1[C@H](O)CC[C@H]1C=CC(O)COc1ccccc1. The van der Waals surface area contributed by atoms with E-state index in [9.17, 15) is 15.0 Å². The van der Waals surface area contributed by atoms with Crippen molar-refractivity contribution in [1.29, 1.82) is 0 Å². The van der Waals surface area contributed by atoms with Crippen LogP contribution < -0.4 is 4.74 Å². The lowest BCUT2D eigenvalue weighted by atomic mass is 9.89. The van der Waals surface area contributed by atoms with E-state index in [2.05, 4.69) is 0 Å². The van der Waals surface area contributed by atoms with Gasteiger partial charge in [-0.3, -0.25) is 4.79 Å². The van der Waals surface area contributed by atoms with Gasteiger partial charge in [0.2, 0.25) is 0 Å². The summed E-state index contributed by atoms with van der Waals surface area (Å²) in [5.41, 5.74) is 0. The van der Waals surface area contributed by atoms with Gasteiger partial charge in [0.25, 0.3) is 0 Å². The third-order valence-electron chi connectivity index (χ3n) is 4.94. The number of aliphatic carboxylic acids is 1. The Morgan fingerprint density at radius 1 is 1.19 bits per heavy atom. The minimum Gasteiger partial charge on any atom is -0.491 e. The molecular formula is C22H30O5. The number of ether oxygens (including phenoxy) is 1. The smallest absolute Gasteiger partial charge is 0.303 e. The van der Waals surface area contributed by atoms with E-state index in [4.69, 9.17) is 9.84 Å². The summed E-state index contributed by atoms with van der Waals surface area (Å²) in [5, 5.41) is 29.0. The standard InChI is InChI=1S/C22H30O5/c23-18(16-27-19-8-4-3-5-9-19)14-12-17-13-15-21(24)20(17)10-6-1-2-7-11-22(25)26/h1-5,8-9,12,14,17-18,20-21,23-24H,6-7,10-11,13,15-16H2,(H,25,26)/t17-,18?,20-,21-/m1/s1. The van der Waals surface area contributed by atoms with E-state index in [1.807, 2.05) is 48.6 Å². The highest BCUT2D eigenvalue weighted by Gasteiger charge is 2.32. The van der Waals surface area contributed by atoms with Gasteiger partial charge in [-0.05, 0) is 56.1 Å². The molecule has 3 N–H and O–H groups in total. The van der Waals surface area contributed by atoms with Crippen molar-refractivity contribution in [3.63, 3.8) is 0 Å². The molecule has 0 saturated heterocycles. The average molecular weight is 374 g/mol. The van der Waals surface area contributed by atoms with Crippen LogP contribution in [0.2, 0.25) is 0 Å². The summed E-state index contributed by atoms with van der Waals surface area (Å²) in [6, 6.07) is 9.39. The molecule has 5 heteroatoms. The Morgan fingerprint density at radius 3 is 2.67 bits per heavy atom. The molecular weight excluding hydrogens is 344 g/mol. The first kappa shape index (κ1) is 21.2. The van der Waals surface area contributed by atoms with Gasteiger partial charge < -0.3 is 20.1 Å². The lowest BCUT2D eigenvalue weighted by Crippen LogP contribution is -2.19. The molecule has 0 radical (unpaired) electrons. The van der Waals surface area contributed by atoms with Crippen molar-refractivity contribution in [2.24, 2.45) is 11.8 Å². The van der Waals surface area contributed by atoms with E-state index in [-0.39, 0.29) is 31.0 Å². The topological polar surface area (TPSA) is 87.0 Å². The van der Waals surface area contributed by atoms with Gasteiger partial charge in [0.05, 0.1) is 6.10 Å². The predicted molar refractivity (Wildman–Crippen MR) is 105 cm³/mol. The van der Waals surface area contributed by atoms with Crippen LogP contribution in [0, 0.1) is 11.8 Å². The molecule has 1 aromatic carbocycles. The van der Waals surface area contributed by atoms with Crippen LogP contribution in [-0.2, 0) is 4.79 Å². The fraction of sp³-hybridized carbons (Fsp3) is 0.500. The van der Waals surface area contributed by atoms with Crippen LogP contribution in [-0.4, -0.2) is 40.1 Å². The van der Waals surface area contributed by atoms with Gasteiger partial charge in [-0.1, -0.05) is 42.5 Å². The van der Waals surface area contributed by atoms with Crippen LogP contribution in [0.15, 0.2) is 54.6 Å². The molecule has 1 saturated carbocycles. The number of rotatable bonds is 11. The minimum atomic E-state index is -0.786. The van der Waals surface area contributed by atoms with Crippen molar-refractivity contribution in [3.8, 4) is 5.75 Å². The molecule has 4 atom stereocenters. The summed E-state index contributed by atoms with van der Waals surface area (Å²) >= 11 is 0. The van der Waals surface area contributed by atoms with Crippen molar-refractivity contribution in [1.82, 2.24) is 0 Å². The quantitative estimate of drug-likeness (QED) is 0.516. The Labute approximate surface area is 161 Å². The zero-order chi connectivity index (χ0) is 19.5. The van der Waals surface area contributed by atoms with Gasteiger partial charge in [-0.2, -0.15) is 0 Å². The maximum absolute atomic E-state index is 10.5. The molecule has 0 aromatic heterocycles. The lowest BCUT2D eigenvalue weighted by molar-refractivity contribution is -0.136. The number of para-hydroxylation sites is 1. The maximum Gasteiger partial charge on any atom is 0.303 e. The summed E-state index contributed by atoms with van der Waals surface area (Å²) in [6.45, 7) is 0.201. The van der Waals surface area contributed by atoms with Crippen LogP contribution in [0.4, 0.5) is 0 Å². The first-order chi connectivity index (χ1) is 13.1. The molecule has 0 spiro atoms. The molecule has 0 bridgehead atoms. The average Bonchev–Trinajstić information content (AvgIpc) is 3.01. The summed E-state index contributed by atoms with van der Waals surface area (Å²) in [6.07, 6.45) is 10.7. The minimum absolute atomic E-state index is 0.150. The number of aliphatic hydroxyl groups excluding tert-OH is 2. The highest BCUT2D eigenvalue weighted by atomic mass is 16.5. The first-order valence-corrected chi connectivity index (χ1v) is 9.65. The fourth-order valence-electron chi connectivity index (χ4n) is 3.48. The molecule has 1 aliphatic carbocycles. The van der Waals surface area contributed by atoms with Crippen LogP contribution >= 0.6 is 0 Å². The van der Waals surface area contributed by atoms with Crippen molar-refractivity contribution in [3.05, 3.63) is 54.6 Å². The molecule has 2 rings (SSSR count). The number of allylic oxidation sites excluding steroid dienone is 3. The van der Waals surface area contributed by atoms with E-state index >= 15 is 0 Å². The summed E-state index contributed by atoms with van der Waals surface area (Å²) in [4.78, 5) is 10.5. The molecule has 0 amide bonds. The molecule has 5 nitrogen and oxygen atoms in total. The van der Waals surface area contributed by atoms with E-state index in [0.717, 1.165) is 31.4 Å². The summed E-state index contributed by atoms with van der Waals surface area (Å²) in [5.74, 6) is 0.367. The number of carboxylic acid groups (broad SMARTS) is 1. The van der Waals surface area contributed by atoms with Gasteiger partial charge >= 0.3 is 5.97 Å². The monoisotopic (exact) mass is 374 g/mol. The number of carboxylic acids is 1. The van der Waals surface area contributed by atoms with Gasteiger partial charge in [-0.25, -0.2) is 0 Å². The highest BCUT2D eigenvalue weighted by Crippen LogP contribution is 2.36. The second-order valence-electron chi connectivity index (χ2n) is 7.03. The molecule has 27 heavy (non-hydrogen) atoms. The molecule has 1 unspecified atom stereocenters. The van der Waals surface area contributed by atoms with Crippen LogP contribution in [0.5, 0.6) is 5.75 Å². The molecule has 0 aliphatic heterocycles. The van der Waals surface area contributed by atoms with Crippen LogP contribution in [0.3, 0.4) is 0 Å². The number of hydrogen-bond donors (Lipinski definition) is 3. The number of aliphatic hydroxyl groups is 2. The molecule has 1 fully saturated rings. The summed E-state index contributed by atoms with van der Waals surface area (Å²) < 4.78 is 5.55. The Hall–Kier alpha value is -2.11. The molecule has 148 valence electrons. The fourth-order valence-corrected chi connectivity index (χ4v) is 3.48. The third kappa shape index (κ3) is 7.97. The number of hydrogen-bond acceptors (Lipinski definition) is 4. The van der Waals surface area contributed by atoms with Crippen LogP contribution in [0.1, 0.15) is 38.5 Å². The Morgan fingerprint density at radius 2 is 1.93 bits per heavy atom. The predicted octanol–water partition coefficient (Wildman–Crippen LogP) is 3.57. The van der Waals surface area contributed by atoms with Crippen molar-refractivity contribution in [2.75, 3.05) is 6.61 Å². The zero-order valence-corrected chi connectivity index (χ0v) is 15.6. The van der Waals surface area contributed by atoms with Gasteiger partial charge in [0.15, 0.2) is 0 Å².